The number of non-ortho nitro benzene ring substituents is 1. The Bertz CT molecular complexity index is 540. The molecule has 1 unspecified atom stereocenters. The molecule has 0 radical (unpaired) electrons. The van der Waals surface area contributed by atoms with Crippen LogP contribution in [-0.4, -0.2) is 28.6 Å². The van der Waals surface area contributed by atoms with Gasteiger partial charge in [0.25, 0.3) is 11.6 Å². The minimum Gasteiger partial charge on any atom is -0.391 e. The van der Waals surface area contributed by atoms with Gasteiger partial charge in [0.05, 0.1) is 11.0 Å². The van der Waals surface area contributed by atoms with Gasteiger partial charge in [-0.3, -0.25) is 14.9 Å². The van der Waals surface area contributed by atoms with Crippen molar-refractivity contribution in [2.24, 2.45) is 5.41 Å². The molecule has 1 amide bonds. The average molecular weight is 359 g/mol. The highest BCUT2D eigenvalue weighted by Gasteiger charge is 2.18. The summed E-state index contributed by atoms with van der Waals surface area (Å²) in [5, 5.41) is 23.2. The van der Waals surface area contributed by atoms with E-state index in [9.17, 15) is 20.0 Å². The maximum Gasteiger partial charge on any atom is 0.271 e. The first-order chi connectivity index (χ1) is 9.58. The van der Waals surface area contributed by atoms with Gasteiger partial charge in [0.1, 0.15) is 0 Å². The monoisotopic (exact) mass is 358 g/mol. The number of amides is 1. The van der Waals surface area contributed by atoms with Crippen molar-refractivity contribution in [2.75, 3.05) is 6.54 Å². The van der Waals surface area contributed by atoms with E-state index in [1.165, 1.54) is 18.2 Å². The average Bonchev–Trinajstić information content (AvgIpc) is 2.33. The van der Waals surface area contributed by atoms with Gasteiger partial charge in [0.2, 0.25) is 0 Å². The highest BCUT2D eigenvalue weighted by Crippen LogP contribution is 2.22. The Kier molecular flexibility index (Phi) is 5.86. The van der Waals surface area contributed by atoms with Gasteiger partial charge in [0, 0.05) is 28.7 Å². The van der Waals surface area contributed by atoms with Gasteiger partial charge in [-0.15, -0.1) is 0 Å². The molecule has 0 aliphatic heterocycles. The van der Waals surface area contributed by atoms with Gasteiger partial charge in [-0.1, -0.05) is 36.7 Å². The molecule has 0 aliphatic rings. The number of rotatable bonds is 5. The number of aliphatic hydroxyl groups is 1. The number of hydrogen-bond acceptors (Lipinski definition) is 4. The predicted molar refractivity (Wildman–Crippen MR) is 83.2 cm³/mol. The fraction of sp³-hybridized carbons (Fsp3) is 0.500. The van der Waals surface area contributed by atoms with Gasteiger partial charge < -0.3 is 10.4 Å². The molecule has 116 valence electrons. The van der Waals surface area contributed by atoms with Crippen LogP contribution in [0.15, 0.2) is 22.7 Å². The molecule has 21 heavy (non-hydrogen) atoms. The summed E-state index contributed by atoms with van der Waals surface area (Å²) in [4.78, 5) is 22.2. The van der Waals surface area contributed by atoms with Crippen molar-refractivity contribution >= 4 is 27.5 Å². The third-order valence-corrected chi connectivity index (χ3v) is 3.16. The second kappa shape index (κ2) is 7.00. The number of nitro groups is 1. The molecule has 7 heteroatoms. The van der Waals surface area contributed by atoms with E-state index in [0.717, 1.165) is 0 Å². The van der Waals surface area contributed by atoms with Crippen LogP contribution in [0.3, 0.4) is 0 Å². The topological polar surface area (TPSA) is 92.5 Å². The molecule has 1 rings (SSSR count). The standard InChI is InChI=1S/C14H19BrN2O4/c1-14(2,3)7-12(18)8-16-13(19)9-4-10(15)6-11(5-9)17(20)21/h4-6,12,18H,7-8H2,1-3H3,(H,16,19). The van der Waals surface area contributed by atoms with Crippen molar-refractivity contribution < 1.29 is 14.8 Å². The number of benzene rings is 1. The number of carbonyl (C=O) groups excluding carboxylic acids is 1. The van der Waals surface area contributed by atoms with Crippen molar-refractivity contribution in [1.82, 2.24) is 5.32 Å². The highest BCUT2D eigenvalue weighted by molar-refractivity contribution is 9.10. The first kappa shape index (κ1) is 17.6. The molecule has 0 heterocycles. The maximum absolute atomic E-state index is 12.0. The van der Waals surface area contributed by atoms with E-state index in [-0.39, 0.29) is 23.2 Å². The van der Waals surface area contributed by atoms with Gasteiger partial charge >= 0.3 is 0 Å². The van der Waals surface area contributed by atoms with Crippen LogP contribution in [0.2, 0.25) is 0 Å². The zero-order valence-electron chi connectivity index (χ0n) is 12.2. The summed E-state index contributed by atoms with van der Waals surface area (Å²) in [5.74, 6) is -0.452. The van der Waals surface area contributed by atoms with Crippen LogP contribution in [0.25, 0.3) is 0 Å². The number of carbonyl (C=O) groups is 1. The van der Waals surface area contributed by atoms with Crippen LogP contribution in [0.4, 0.5) is 5.69 Å². The van der Waals surface area contributed by atoms with Crippen LogP contribution in [0.1, 0.15) is 37.6 Å². The van der Waals surface area contributed by atoms with E-state index in [2.05, 4.69) is 21.2 Å². The van der Waals surface area contributed by atoms with Crippen molar-refractivity contribution in [1.29, 1.82) is 0 Å². The largest absolute Gasteiger partial charge is 0.391 e. The Morgan fingerprint density at radius 1 is 1.43 bits per heavy atom. The molecule has 0 aromatic heterocycles. The zero-order chi connectivity index (χ0) is 16.2. The van der Waals surface area contributed by atoms with Crippen molar-refractivity contribution in [3.63, 3.8) is 0 Å². The fourth-order valence-corrected chi connectivity index (χ4v) is 2.38. The normalized spacial score (nSPS) is 12.8. The first-order valence-corrected chi connectivity index (χ1v) is 7.29. The Balaban J connectivity index is 2.70. The van der Waals surface area contributed by atoms with E-state index in [0.29, 0.717) is 10.9 Å². The van der Waals surface area contributed by atoms with Crippen LogP contribution >= 0.6 is 15.9 Å². The highest BCUT2D eigenvalue weighted by atomic mass is 79.9. The van der Waals surface area contributed by atoms with Crippen molar-refractivity contribution in [3.8, 4) is 0 Å². The molecule has 0 fully saturated rings. The summed E-state index contributed by atoms with van der Waals surface area (Å²) in [5.41, 5.74) is -0.0255. The Morgan fingerprint density at radius 2 is 2.05 bits per heavy atom. The predicted octanol–water partition coefficient (Wildman–Crippen LogP) is 2.88. The molecule has 1 atom stereocenters. The quantitative estimate of drug-likeness (QED) is 0.625. The molecular weight excluding hydrogens is 340 g/mol. The molecule has 0 aliphatic carbocycles. The smallest absolute Gasteiger partial charge is 0.271 e. The lowest BCUT2D eigenvalue weighted by molar-refractivity contribution is -0.385. The summed E-state index contributed by atoms with van der Waals surface area (Å²) >= 11 is 3.14. The van der Waals surface area contributed by atoms with Crippen molar-refractivity contribution in [3.05, 3.63) is 38.3 Å². The van der Waals surface area contributed by atoms with Gasteiger partial charge in [-0.05, 0) is 17.9 Å². The number of nitrogens with one attached hydrogen (secondary N) is 1. The molecule has 6 nitrogen and oxygen atoms in total. The van der Waals surface area contributed by atoms with Gasteiger partial charge in [0.15, 0.2) is 0 Å². The molecule has 0 saturated carbocycles. The number of nitrogens with zero attached hydrogens (tertiary/aromatic N) is 1. The number of hydrogen-bond donors (Lipinski definition) is 2. The summed E-state index contributed by atoms with van der Waals surface area (Å²) in [6.07, 6.45) is -0.109. The third kappa shape index (κ3) is 6.22. The zero-order valence-corrected chi connectivity index (χ0v) is 13.8. The lowest BCUT2D eigenvalue weighted by Crippen LogP contribution is -2.34. The third-order valence-electron chi connectivity index (χ3n) is 2.70. The van der Waals surface area contributed by atoms with E-state index >= 15 is 0 Å². The van der Waals surface area contributed by atoms with Gasteiger partial charge in [-0.2, -0.15) is 0 Å². The summed E-state index contributed by atoms with van der Waals surface area (Å²) in [6, 6.07) is 4.03. The van der Waals surface area contributed by atoms with E-state index in [4.69, 9.17) is 0 Å². The van der Waals surface area contributed by atoms with E-state index in [1.54, 1.807) is 0 Å². The second-order valence-corrected chi connectivity index (χ2v) is 7.00. The lowest BCUT2D eigenvalue weighted by Gasteiger charge is -2.22. The molecule has 2 N–H and O–H groups in total. The molecule has 0 bridgehead atoms. The van der Waals surface area contributed by atoms with Crippen LogP contribution in [0, 0.1) is 15.5 Å². The molecule has 0 saturated heterocycles. The Hall–Kier alpha value is -1.47. The minimum atomic E-state index is -0.656. The SMILES string of the molecule is CC(C)(C)CC(O)CNC(=O)c1cc(Br)cc([N+](=O)[O-])c1. The maximum atomic E-state index is 12.0. The summed E-state index contributed by atoms with van der Waals surface area (Å²) < 4.78 is 0.456. The van der Waals surface area contributed by atoms with Crippen molar-refractivity contribution in [2.45, 2.75) is 33.3 Å². The first-order valence-electron chi connectivity index (χ1n) is 6.50. The fourth-order valence-electron chi connectivity index (χ4n) is 1.90. The van der Waals surface area contributed by atoms with Crippen LogP contribution in [-0.2, 0) is 0 Å². The minimum absolute atomic E-state index is 0.0430. The molecule has 1 aromatic carbocycles. The van der Waals surface area contributed by atoms with Crippen LogP contribution < -0.4 is 5.32 Å². The Morgan fingerprint density at radius 3 is 2.57 bits per heavy atom. The summed E-state index contributed by atoms with van der Waals surface area (Å²) in [6.45, 7) is 6.09. The molecule has 1 aromatic rings. The number of aliphatic hydroxyl groups excluding tert-OH is 1. The molecular formula is C14H19BrN2O4. The number of halogens is 1. The van der Waals surface area contributed by atoms with Crippen LogP contribution in [0.5, 0.6) is 0 Å². The van der Waals surface area contributed by atoms with E-state index in [1.807, 2.05) is 20.8 Å². The second-order valence-electron chi connectivity index (χ2n) is 6.08. The van der Waals surface area contributed by atoms with Gasteiger partial charge in [-0.25, -0.2) is 0 Å². The lowest BCUT2D eigenvalue weighted by atomic mass is 9.89. The summed E-state index contributed by atoms with van der Waals surface area (Å²) in [7, 11) is 0. The van der Waals surface area contributed by atoms with E-state index < -0.39 is 16.9 Å². The number of nitro benzene ring substituents is 1. The Labute approximate surface area is 131 Å². The molecule has 0 spiro atoms.